The molecule has 0 aliphatic carbocycles. The second-order valence-corrected chi connectivity index (χ2v) is 8.24. The molecule has 2 fully saturated rings. The summed E-state index contributed by atoms with van der Waals surface area (Å²) >= 11 is 0. The van der Waals surface area contributed by atoms with E-state index in [0.29, 0.717) is 19.6 Å². The molecule has 2 aromatic rings. The molecular weight excluding hydrogens is 364 g/mol. The van der Waals surface area contributed by atoms with Gasteiger partial charge in [-0.05, 0) is 36.6 Å². The van der Waals surface area contributed by atoms with Crippen LogP contribution in [0.4, 0.5) is 5.69 Å². The minimum Gasteiger partial charge on any atom is -0.337 e. The highest BCUT2D eigenvalue weighted by atomic mass is 16.2. The van der Waals surface area contributed by atoms with E-state index < -0.39 is 5.92 Å². The lowest BCUT2D eigenvalue weighted by Gasteiger charge is -2.38. The third-order valence-electron chi connectivity index (χ3n) is 6.48. The molecule has 0 aromatic heterocycles. The summed E-state index contributed by atoms with van der Waals surface area (Å²) in [6, 6.07) is 18.2. The second kappa shape index (κ2) is 7.28. The van der Waals surface area contributed by atoms with Crippen LogP contribution in [0, 0.1) is 11.8 Å². The molecule has 150 valence electrons. The van der Waals surface area contributed by atoms with Crippen LogP contribution >= 0.6 is 0 Å². The number of Topliss-reactive ketones (excluding diaryl/α,β-unsaturated/α-hetero) is 1. The fourth-order valence-corrected chi connectivity index (χ4v) is 4.94. The number of piperidine rings is 1. The van der Waals surface area contributed by atoms with Gasteiger partial charge in [-0.2, -0.15) is 0 Å². The van der Waals surface area contributed by atoms with E-state index in [1.54, 1.807) is 0 Å². The molecule has 6 nitrogen and oxygen atoms in total. The number of hydrogen-bond donors (Lipinski definition) is 2. The van der Waals surface area contributed by atoms with Crippen molar-refractivity contribution in [2.45, 2.75) is 32.1 Å². The van der Waals surface area contributed by atoms with E-state index in [9.17, 15) is 9.59 Å². The average Bonchev–Trinajstić information content (AvgIpc) is 3.11. The number of hydrogen-bond acceptors (Lipinski definition) is 5. The number of hydrazine groups is 1. The van der Waals surface area contributed by atoms with Gasteiger partial charge in [-0.15, -0.1) is 0 Å². The molecule has 1 amide bonds. The number of ketones is 1. The Morgan fingerprint density at radius 2 is 1.76 bits per heavy atom. The van der Waals surface area contributed by atoms with Crippen molar-refractivity contribution < 1.29 is 9.59 Å². The standard InChI is InChI=1S/C23H26N4O2/c1-15-20-21(28)19(13-24-22(20)27(25-15)18-9-3-2-4-10-18)23(29)26-12-11-16-7-5-6-8-17(16)14-26/h2-10,15,19-20,22,24-25H,11-14H2,1H3. The average molecular weight is 390 g/mol. The summed E-state index contributed by atoms with van der Waals surface area (Å²) in [6.45, 7) is 3.67. The third kappa shape index (κ3) is 3.12. The van der Waals surface area contributed by atoms with Crippen molar-refractivity contribution in [2.75, 3.05) is 18.1 Å². The van der Waals surface area contributed by atoms with Gasteiger partial charge in [-0.1, -0.05) is 42.5 Å². The van der Waals surface area contributed by atoms with Crippen molar-refractivity contribution >= 4 is 17.4 Å². The maximum absolute atomic E-state index is 13.4. The first-order chi connectivity index (χ1) is 14.1. The lowest BCUT2D eigenvalue weighted by atomic mass is 9.82. The molecule has 5 rings (SSSR count). The molecule has 29 heavy (non-hydrogen) atoms. The Hall–Kier alpha value is -2.70. The van der Waals surface area contributed by atoms with Crippen molar-refractivity contribution in [3.63, 3.8) is 0 Å². The fourth-order valence-electron chi connectivity index (χ4n) is 4.94. The van der Waals surface area contributed by atoms with Gasteiger partial charge in [0.25, 0.3) is 0 Å². The maximum atomic E-state index is 13.4. The summed E-state index contributed by atoms with van der Waals surface area (Å²) in [6.07, 6.45) is 0.716. The fraction of sp³-hybridized carbons (Fsp3) is 0.391. The Kier molecular flexibility index (Phi) is 4.60. The third-order valence-corrected chi connectivity index (χ3v) is 6.48. The van der Waals surface area contributed by atoms with Crippen LogP contribution in [0.3, 0.4) is 0 Å². The normalized spacial score (nSPS) is 28.8. The van der Waals surface area contributed by atoms with Crippen LogP contribution in [0.5, 0.6) is 0 Å². The Morgan fingerprint density at radius 1 is 1.03 bits per heavy atom. The number of rotatable bonds is 2. The molecule has 6 heteroatoms. The lowest BCUT2D eigenvalue weighted by Crippen LogP contribution is -2.59. The maximum Gasteiger partial charge on any atom is 0.234 e. The Balaban J connectivity index is 1.33. The number of carbonyl (C=O) groups excluding carboxylic acids is 2. The topological polar surface area (TPSA) is 64.7 Å². The van der Waals surface area contributed by atoms with E-state index in [0.717, 1.165) is 12.1 Å². The quantitative estimate of drug-likeness (QED) is 0.765. The Morgan fingerprint density at radius 3 is 2.55 bits per heavy atom. The largest absolute Gasteiger partial charge is 0.337 e. The zero-order chi connectivity index (χ0) is 20.0. The molecule has 0 radical (unpaired) electrons. The summed E-state index contributed by atoms with van der Waals surface area (Å²) < 4.78 is 0. The first-order valence-corrected chi connectivity index (χ1v) is 10.4. The molecule has 0 saturated carbocycles. The molecule has 4 unspecified atom stereocenters. The molecule has 3 aliphatic rings. The van der Waals surface area contributed by atoms with Crippen molar-refractivity contribution in [2.24, 2.45) is 11.8 Å². The molecule has 3 heterocycles. The number of anilines is 1. The predicted molar refractivity (Wildman–Crippen MR) is 111 cm³/mol. The minimum atomic E-state index is -0.610. The minimum absolute atomic E-state index is 0.0297. The van der Waals surface area contributed by atoms with Crippen molar-refractivity contribution in [3.05, 3.63) is 65.7 Å². The molecule has 0 spiro atoms. The van der Waals surface area contributed by atoms with Crippen LogP contribution in [-0.2, 0) is 22.6 Å². The van der Waals surface area contributed by atoms with Gasteiger partial charge >= 0.3 is 0 Å². The van der Waals surface area contributed by atoms with Gasteiger partial charge in [0.1, 0.15) is 12.1 Å². The van der Waals surface area contributed by atoms with Crippen molar-refractivity contribution in [1.29, 1.82) is 0 Å². The molecular formula is C23H26N4O2. The Bertz CT molecular complexity index is 931. The van der Waals surface area contributed by atoms with Gasteiger partial charge in [-0.25, -0.2) is 5.43 Å². The smallest absolute Gasteiger partial charge is 0.234 e. The zero-order valence-electron chi connectivity index (χ0n) is 16.5. The summed E-state index contributed by atoms with van der Waals surface area (Å²) in [5, 5.41) is 5.51. The number of benzene rings is 2. The summed E-state index contributed by atoms with van der Waals surface area (Å²) in [5.74, 6) is -0.853. The molecule has 0 bridgehead atoms. The highest BCUT2D eigenvalue weighted by Crippen LogP contribution is 2.32. The van der Waals surface area contributed by atoms with E-state index >= 15 is 0 Å². The predicted octanol–water partition coefficient (Wildman–Crippen LogP) is 1.72. The van der Waals surface area contributed by atoms with Crippen molar-refractivity contribution in [1.82, 2.24) is 15.6 Å². The molecule has 2 N–H and O–H groups in total. The van der Waals surface area contributed by atoms with Crippen LogP contribution < -0.4 is 15.8 Å². The van der Waals surface area contributed by atoms with Gasteiger partial charge in [0.15, 0.2) is 5.78 Å². The van der Waals surface area contributed by atoms with Gasteiger partial charge < -0.3 is 4.90 Å². The van der Waals surface area contributed by atoms with Gasteiger partial charge in [0, 0.05) is 25.7 Å². The monoisotopic (exact) mass is 390 g/mol. The Labute approximate surface area is 170 Å². The van der Waals surface area contributed by atoms with E-state index in [1.165, 1.54) is 11.1 Å². The number of amides is 1. The van der Waals surface area contributed by atoms with Crippen LogP contribution in [0.15, 0.2) is 54.6 Å². The van der Waals surface area contributed by atoms with Gasteiger partial charge in [-0.3, -0.25) is 19.9 Å². The first kappa shape index (κ1) is 18.3. The number of para-hydroxylation sites is 1. The van der Waals surface area contributed by atoms with Crippen LogP contribution in [0.25, 0.3) is 0 Å². The number of nitrogens with zero attached hydrogens (tertiary/aromatic N) is 2. The lowest BCUT2D eigenvalue weighted by molar-refractivity contribution is -0.145. The number of carbonyl (C=O) groups is 2. The highest BCUT2D eigenvalue weighted by molar-refractivity contribution is 6.04. The molecule has 4 atom stereocenters. The summed E-state index contributed by atoms with van der Waals surface area (Å²) in [4.78, 5) is 28.5. The van der Waals surface area contributed by atoms with Crippen LogP contribution in [0.2, 0.25) is 0 Å². The SMILES string of the molecule is CC1NN(c2ccccc2)C2NCC(C(=O)N3CCc4ccccc4C3)C(=O)C12. The van der Waals surface area contributed by atoms with E-state index in [2.05, 4.69) is 22.9 Å². The van der Waals surface area contributed by atoms with Crippen LogP contribution in [0.1, 0.15) is 18.1 Å². The molecule has 2 saturated heterocycles. The summed E-state index contributed by atoms with van der Waals surface area (Å²) in [7, 11) is 0. The van der Waals surface area contributed by atoms with Crippen molar-refractivity contribution in [3.8, 4) is 0 Å². The van der Waals surface area contributed by atoms with Gasteiger partial charge in [0.2, 0.25) is 5.91 Å². The van der Waals surface area contributed by atoms with E-state index in [4.69, 9.17) is 0 Å². The van der Waals surface area contributed by atoms with E-state index in [1.807, 2.05) is 59.3 Å². The first-order valence-electron chi connectivity index (χ1n) is 10.4. The highest BCUT2D eigenvalue weighted by Gasteiger charge is 2.51. The van der Waals surface area contributed by atoms with Gasteiger partial charge in [0.05, 0.1) is 11.6 Å². The second-order valence-electron chi connectivity index (χ2n) is 8.24. The zero-order valence-corrected chi connectivity index (χ0v) is 16.5. The summed E-state index contributed by atoms with van der Waals surface area (Å²) in [5.41, 5.74) is 6.93. The van der Waals surface area contributed by atoms with Crippen LogP contribution in [-0.4, -0.2) is 41.9 Å². The number of fused-ring (bicyclic) bond motifs is 2. The number of nitrogens with one attached hydrogen (secondary N) is 2. The molecule has 3 aliphatic heterocycles. The molecule has 2 aromatic carbocycles. The van der Waals surface area contributed by atoms with E-state index in [-0.39, 0.29) is 29.8 Å².